The fourth-order valence-electron chi connectivity index (χ4n) is 2.61. The molecule has 1 aromatic heterocycles. The van der Waals surface area contributed by atoms with Gasteiger partial charge in [-0.25, -0.2) is 9.78 Å². The number of hydrogen-bond acceptors (Lipinski definition) is 3. The lowest BCUT2D eigenvalue weighted by Gasteiger charge is -2.36. The second kappa shape index (κ2) is 4.74. The first-order chi connectivity index (χ1) is 8.72. The number of carbonyl (C=O) groups is 1. The summed E-state index contributed by atoms with van der Waals surface area (Å²) in [6, 6.07) is 4.26. The summed E-state index contributed by atoms with van der Waals surface area (Å²) in [6.45, 7) is 4.24. The van der Waals surface area contributed by atoms with Crippen LogP contribution in [0.15, 0.2) is 18.3 Å². The van der Waals surface area contributed by atoms with Crippen molar-refractivity contribution >= 4 is 17.6 Å². The Morgan fingerprint density at radius 2 is 2.39 bits per heavy atom. The molecule has 2 amide bonds. The lowest BCUT2D eigenvalue weighted by atomic mass is 10.1. The number of nitrogens with zero attached hydrogens (tertiary/aromatic N) is 3. The van der Waals surface area contributed by atoms with Crippen molar-refractivity contribution in [2.24, 2.45) is 0 Å². The average Bonchev–Trinajstić information content (AvgIpc) is 2.71. The van der Waals surface area contributed by atoms with Crippen LogP contribution in [-0.4, -0.2) is 53.0 Å². The third-order valence-electron chi connectivity index (χ3n) is 3.51. The molecule has 96 valence electrons. The van der Waals surface area contributed by atoms with E-state index >= 15 is 0 Å². The highest BCUT2D eigenvalue weighted by atomic mass is 35.5. The van der Waals surface area contributed by atoms with Gasteiger partial charge in [0.15, 0.2) is 0 Å². The molecular weight excluding hydrogens is 252 g/mol. The molecule has 5 nitrogen and oxygen atoms in total. The van der Waals surface area contributed by atoms with Crippen molar-refractivity contribution in [3.63, 3.8) is 0 Å². The van der Waals surface area contributed by atoms with Crippen LogP contribution in [0, 0.1) is 0 Å². The van der Waals surface area contributed by atoms with Crippen LogP contribution >= 0.6 is 11.6 Å². The van der Waals surface area contributed by atoms with Gasteiger partial charge in [0.25, 0.3) is 0 Å². The van der Waals surface area contributed by atoms with Crippen molar-refractivity contribution in [3.8, 4) is 0 Å². The first-order valence-electron chi connectivity index (χ1n) is 6.09. The van der Waals surface area contributed by atoms with Crippen LogP contribution < -0.4 is 5.32 Å². The SMILES string of the molecule is O=C1NCC2CN(Cc3ccnc(Cl)c3)CCN12. The molecule has 3 heterocycles. The summed E-state index contributed by atoms with van der Waals surface area (Å²) >= 11 is 5.88. The number of pyridine rings is 1. The molecule has 2 fully saturated rings. The van der Waals surface area contributed by atoms with Crippen molar-refractivity contribution in [1.82, 2.24) is 20.1 Å². The number of urea groups is 1. The van der Waals surface area contributed by atoms with E-state index in [1.54, 1.807) is 6.20 Å². The smallest absolute Gasteiger partial charge is 0.317 e. The normalized spacial score (nSPS) is 23.9. The molecule has 0 aliphatic carbocycles. The highest BCUT2D eigenvalue weighted by molar-refractivity contribution is 6.29. The predicted octanol–water partition coefficient (Wildman–Crippen LogP) is 0.944. The zero-order valence-corrected chi connectivity index (χ0v) is 10.7. The topological polar surface area (TPSA) is 48.5 Å². The van der Waals surface area contributed by atoms with E-state index in [1.807, 2.05) is 17.0 Å². The van der Waals surface area contributed by atoms with Gasteiger partial charge in [-0.2, -0.15) is 0 Å². The van der Waals surface area contributed by atoms with E-state index in [0.29, 0.717) is 11.2 Å². The van der Waals surface area contributed by atoms with Gasteiger partial charge in [0.2, 0.25) is 0 Å². The Balaban J connectivity index is 1.64. The minimum atomic E-state index is 0.0756. The molecule has 3 rings (SSSR count). The molecule has 0 spiro atoms. The Morgan fingerprint density at radius 1 is 1.50 bits per heavy atom. The highest BCUT2D eigenvalue weighted by Gasteiger charge is 2.35. The number of hydrogen-bond donors (Lipinski definition) is 1. The highest BCUT2D eigenvalue weighted by Crippen LogP contribution is 2.17. The number of piperazine rings is 1. The Bertz CT molecular complexity index is 467. The first kappa shape index (κ1) is 11.7. The van der Waals surface area contributed by atoms with E-state index in [0.717, 1.165) is 32.7 Å². The van der Waals surface area contributed by atoms with Gasteiger partial charge in [0.05, 0.1) is 6.04 Å². The number of halogens is 1. The van der Waals surface area contributed by atoms with Crippen LogP contribution in [-0.2, 0) is 6.54 Å². The molecule has 1 atom stereocenters. The quantitative estimate of drug-likeness (QED) is 0.811. The van der Waals surface area contributed by atoms with Crippen molar-refractivity contribution in [1.29, 1.82) is 0 Å². The summed E-state index contributed by atoms with van der Waals surface area (Å²) in [5, 5.41) is 3.42. The molecule has 6 heteroatoms. The van der Waals surface area contributed by atoms with E-state index in [1.165, 1.54) is 5.56 Å². The standard InChI is InChI=1S/C12H15ClN4O/c13-11-5-9(1-2-14-11)7-16-3-4-17-10(8-16)6-15-12(17)18/h1-2,5,10H,3-4,6-8H2,(H,15,18). The predicted molar refractivity (Wildman–Crippen MR) is 68.4 cm³/mol. The Kier molecular flexibility index (Phi) is 3.09. The first-order valence-corrected chi connectivity index (χ1v) is 6.47. The van der Waals surface area contributed by atoms with E-state index in [2.05, 4.69) is 15.2 Å². The third kappa shape index (κ3) is 2.28. The van der Waals surface area contributed by atoms with E-state index < -0.39 is 0 Å². The fraction of sp³-hybridized carbons (Fsp3) is 0.500. The Labute approximate surface area is 111 Å². The molecule has 0 saturated carbocycles. The van der Waals surface area contributed by atoms with Gasteiger partial charge >= 0.3 is 6.03 Å². The lowest BCUT2D eigenvalue weighted by Crippen LogP contribution is -2.51. The second-order valence-electron chi connectivity index (χ2n) is 4.76. The molecule has 1 unspecified atom stereocenters. The van der Waals surface area contributed by atoms with Crippen LogP contribution in [0.4, 0.5) is 4.79 Å². The van der Waals surface area contributed by atoms with Crippen LogP contribution in [0.25, 0.3) is 0 Å². The number of nitrogens with one attached hydrogen (secondary N) is 1. The summed E-state index contributed by atoms with van der Waals surface area (Å²) in [7, 11) is 0. The van der Waals surface area contributed by atoms with Crippen molar-refractivity contribution in [2.45, 2.75) is 12.6 Å². The van der Waals surface area contributed by atoms with Crippen LogP contribution in [0.3, 0.4) is 0 Å². The third-order valence-corrected chi connectivity index (χ3v) is 3.72. The van der Waals surface area contributed by atoms with Gasteiger partial charge < -0.3 is 10.2 Å². The Morgan fingerprint density at radius 3 is 3.22 bits per heavy atom. The van der Waals surface area contributed by atoms with E-state index in [4.69, 9.17) is 11.6 Å². The summed E-state index contributed by atoms with van der Waals surface area (Å²) in [4.78, 5) is 19.7. The summed E-state index contributed by atoms with van der Waals surface area (Å²) < 4.78 is 0. The van der Waals surface area contributed by atoms with Gasteiger partial charge in [-0.15, -0.1) is 0 Å². The molecule has 2 aliphatic rings. The second-order valence-corrected chi connectivity index (χ2v) is 5.14. The van der Waals surface area contributed by atoms with Crippen LogP contribution in [0.2, 0.25) is 5.15 Å². The molecule has 2 saturated heterocycles. The molecular formula is C12H15ClN4O. The lowest BCUT2D eigenvalue weighted by molar-refractivity contribution is 0.116. The number of rotatable bonds is 2. The summed E-state index contributed by atoms with van der Waals surface area (Å²) in [5.74, 6) is 0. The number of amides is 2. The molecule has 1 N–H and O–H groups in total. The molecule has 2 aliphatic heterocycles. The van der Waals surface area contributed by atoms with Gasteiger partial charge in [-0.1, -0.05) is 11.6 Å². The van der Waals surface area contributed by atoms with Crippen molar-refractivity contribution < 1.29 is 4.79 Å². The van der Waals surface area contributed by atoms with Gasteiger partial charge in [-0.05, 0) is 17.7 Å². The largest absolute Gasteiger partial charge is 0.336 e. The summed E-state index contributed by atoms with van der Waals surface area (Å²) in [6.07, 6.45) is 1.73. The van der Waals surface area contributed by atoms with E-state index in [9.17, 15) is 4.79 Å². The zero-order valence-electron chi connectivity index (χ0n) is 9.97. The average molecular weight is 267 g/mol. The number of aromatic nitrogens is 1. The maximum atomic E-state index is 11.5. The van der Waals surface area contributed by atoms with Crippen molar-refractivity contribution in [3.05, 3.63) is 29.0 Å². The zero-order chi connectivity index (χ0) is 12.5. The molecule has 1 aromatic rings. The Hall–Kier alpha value is -1.33. The number of carbonyl (C=O) groups excluding carboxylic acids is 1. The molecule has 0 radical (unpaired) electrons. The van der Waals surface area contributed by atoms with Gasteiger partial charge in [0.1, 0.15) is 5.15 Å². The number of fused-ring (bicyclic) bond motifs is 1. The monoisotopic (exact) mass is 266 g/mol. The fourth-order valence-corrected chi connectivity index (χ4v) is 2.81. The molecule has 0 bridgehead atoms. The van der Waals surface area contributed by atoms with E-state index in [-0.39, 0.29) is 6.03 Å². The molecule has 0 aromatic carbocycles. The van der Waals surface area contributed by atoms with Crippen molar-refractivity contribution in [2.75, 3.05) is 26.2 Å². The van der Waals surface area contributed by atoms with Crippen LogP contribution in [0.1, 0.15) is 5.56 Å². The van der Waals surface area contributed by atoms with Gasteiger partial charge in [0, 0.05) is 38.9 Å². The maximum Gasteiger partial charge on any atom is 0.317 e. The summed E-state index contributed by atoms with van der Waals surface area (Å²) in [5.41, 5.74) is 1.17. The minimum Gasteiger partial charge on any atom is -0.336 e. The van der Waals surface area contributed by atoms with Gasteiger partial charge in [-0.3, -0.25) is 4.90 Å². The van der Waals surface area contributed by atoms with Crippen LogP contribution in [0.5, 0.6) is 0 Å². The minimum absolute atomic E-state index is 0.0756. The molecule has 18 heavy (non-hydrogen) atoms. The maximum absolute atomic E-state index is 11.5.